The number of amides is 2. The molecule has 0 aliphatic rings. The van der Waals surface area contributed by atoms with Crippen LogP contribution in [0, 0.1) is 0 Å². The van der Waals surface area contributed by atoms with Crippen LogP contribution in [0.5, 0.6) is 5.75 Å². The lowest BCUT2D eigenvalue weighted by Gasteiger charge is -2.10. The van der Waals surface area contributed by atoms with Crippen molar-refractivity contribution in [2.75, 3.05) is 17.2 Å². The predicted molar refractivity (Wildman–Crippen MR) is 107 cm³/mol. The smallest absolute Gasteiger partial charge is 0.255 e. The minimum Gasteiger partial charge on any atom is -0.494 e. The topological polar surface area (TPSA) is 79.5 Å². The van der Waals surface area contributed by atoms with Gasteiger partial charge in [-0.2, -0.15) is 0 Å². The first kappa shape index (κ1) is 19.4. The van der Waals surface area contributed by atoms with Crippen molar-refractivity contribution in [3.8, 4) is 5.75 Å². The van der Waals surface area contributed by atoms with E-state index in [1.165, 1.54) is 0 Å². The lowest BCUT2D eigenvalue weighted by molar-refractivity contribution is -0.119. The Kier molecular flexibility index (Phi) is 7.11. The standard InChI is InChI=1S/C19H21N3O3S/c1-3-17(23)22-19(26)21-15-9-7-14(8-10-15)20-18(24)13-5-11-16(12-6-13)25-4-2/h5-12H,3-4H2,1-2H3,(H,20,24)(H2,21,22,23,26). The molecule has 26 heavy (non-hydrogen) atoms. The Morgan fingerprint density at radius 1 is 0.923 bits per heavy atom. The Hall–Kier alpha value is -2.93. The molecule has 0 unspecified atom stereocenters. The largest absolute Gasteiger partial charge is 0.494 e. The van der Waals surface area contributed by atoms with E-state index in [2.05, 4.69) is 16.0 Å². The van der Waals surface area contributed by atoms with Gasteiger partial charge in [-0.1, -0.05) is 6.92 Å². The maximum Gasteiger partial charge on any atom is 0.255 e. The zero-order valence-corrected chi connectivity index (χ0v) is 15.5. The first-order valence-corrected chi connectivity index (χ1v) is 8.67. The number of hydrogen-bond acceptors (Lipinski definition) is 4. The highest BCUT2D eigenvalue weighted by molar-refractivity contribution is 7.80. The molecule has 0 heterocycles. The molecule has 0 atom stereocenters. The van der Waals surface area contributed by atoms with Crippen molar-refractivity contribution in [1.82, 2.24) is 5.32 Å². The van der Waals surface area contributed by atoms with E-state index < -0.39 is 0 Å². The maximum absolute atomic E-state index is 12.3. The molecule has 0 aliphatic carbocycles. The predicted octanol–water partition coefficient (Wildman–Crippen LogP) is 3.56. The molecule has 2 rings (SSSR count). The first-order chi connectivity index (χ1) is 12.5. The Morgan fingerprint density at radius 2 is 1.50 bits per heavy atom. The van der Waals surface area contributed by atoms with Crippen LogP contribution in [0.15, 0.2) is 48.5 Å². The molecular formula is C19H21N3O3S. The molecule has 0 radical (unpaired) electrons. The Balaban J connectivity index is 1.92. The lowest BCUT2D eigenvalue weighted by Crippen LogP contribution is -2.33. The summed E-state index contributed by atoms with van der Waals surface area (Å²) in [6.07, 6.45) is 0.359. The van der Waals surface area contributed by atoms with Gasteiger partial charge >= 0.3 is 0 Å². The molecule has 2 amide bonds. The summed E-state index contributed by atoms with van der Waals surface area (Å²) in [6.45, 7) is 4.24. The maximum atomic E-state index is 12.3. The number of benzene rings is 2. The average molecular weight is 371 g/mol. The summed E-state index contributed by atoms with van der Waals surface area (Å²) in [6, 6.07) is 14.0. The van der Waals surface area contributed by atoms with Gasteiger partial charge in [0.15, 0.2) is 5.11 Å². The molecule has 0 aliphatic heterocycles. The van der Waals surface area contributed by atoms with Crippen LogP contribution in [0.25, 0.3) is 0 Å². The van der Waals surface area contributed by atoms with E-state index in [1.807, 2.05) is 6.92 Å². The first-order valence-electron chi connectivity index (χ1n) is 8.27. The van der Waals surface area contributed by atoms with Crippen LogP contribution >= 0.6 is 12.2 Å². The molecule has 0 saturated carbocycles. The second-order valence-electron chi connectivity index (χ2n) is 5.34. The van der Waals surface area contributed by atoms with Crippen LogP contribution in [0.3, 0.4) is 0 Å². The van der Waals surface area contributed by atoms with Crippen molar-refractivity contribution in [3.05, 3.63) is 54.1 Å². The highest BCUT2D eigenvalue weighted by atomic mass is 32.1. The second kappa shape index (κ2) is 9.53. The van der Waals surface area contributed by atoms with Gasteiger partial charge in [0.1, 0.15) is 5.75 Å². The minimum atomic E-state index is -0.209. The number of anilines is 2. The molecule has 2 aromatic carbocycles. The fourth-order valence-corrected chi connectivity index (χ4v) is 2.32. The normalized spacial score (nSPS) is 9.92. The van der Waals surface area contributed by atoms with E-state index in [0.29, 0.717) is 30.0 Å². The molecule has 136 valence electrons. The number of rotatable bonds is 6. The lowest BCUT2D eigenvalue weighted by atomic mass is 10.2. The summed E-state index contributed by atoms with van der Waals surface area (Å²) in [4.78, 5) is 23.6. The van der Waals surface area contributed by atoms with Crippen LogP contribution in [-0.4, -0.2) is 23.5 Å². The summed E-state index contributed by atoms with van der Waals surface area (Å²) >= 11 is 5.05. The van der Waals surface area contributed by atoms with E-state index in [9.17, 15) is 9.59 Å². The number of ether oxygens (including phenoxy) is 1. The quantitative estimate of drug-likeness (QED) is 0.677. The Bertz CT molecular complexity index is 774. The third kappa shape index (κ3) is 5.86. The van der Waals surface area contributed by atoms with Crippen molar-refractivity contribution in [2.24, 2.45) is 0 Å². The zero-order chi connectivity index (χ0) is 18.9. The summed E-state index contributed by atoms with van der Waals surface area (Å²) in [7, 11) is 0. The van der Waals surface area contributed by atoms with E-state index in [0.717, 1.165) is 5.75 Å². The van der Waals surface area contributed by atoms with Gasteiger partial charge in [-0.25, -0.2) is 0 Å². The molecule has 6 nitrogen and oxygen atoms in total. The van der Waals surface area contributed by atoms with Crippen molar-refractivity contribution in [3.63, 3.8) is 0 Å². The molecule has 7 heteroatoms. The van der Waals surface area contributed by atoms with Gasteiger partial charge in [-0.05, 0) is 67.7 Å². The van der Waals surface area contributed by atoms with E-state index in [4.69, 9.17) is 17.0 Å². The highest BCUT2D eigenvalue weighted by Crippen LogP contribution is 2.16. The third-order valence-corrected chi connectivity index (χ3v) is 3.61. The number of carbonyl (C=O) groups excluding carboxylic acids is 2. The summed E-state index contributed by atoms with van der Waals surface area (Å²) in [5, 5.41) is 8.53. The summed E-state index contributed by atoms with van der Waals surface area (Å²) in [5.41, 5.74) is 1.91. The second-order valence-corrected chi connectivity index (χ2v) is 5.75. The van der Waals surface area contributed by atoms with Crippen molar-refractivity contribution in [2.45, 2.75) is 20.3 Å². The van der Waals surface area contributed by atoms with Crippen molar-refractivity contribution < 1.29 is 14.3 Å². The molecule has 0 spiro atoms. The average Bonchev–Trinajstić information content (AvgIpc) is 2.64. The van der Waals surface area contributed by atoms with Crippen molar-refractivity contribution >= 4 is 40.5 Å². The van der Waals surface area contributed by atoms with Gasteiger partial charge in [-0.3, -0.25) is 9.59 Å². The fraction of sp³-hybridized carbons (Fsp3) is 0.211. The van der Waals surface area contributed by atoms with Gasteiger partial charge in [0.25, 0.3) is 5.91 Å². The number of thiocarbonyl (C=S) groups is 1. The molecule has 0 saturated heterocycles. The van der Waals surface area contributed by atoms with E-state index in [1.54, 1.807) is 55.5 Å². The number of carbonyl (C=O) groups is 2. The van der Waals surface area contributed by atoms with E-state index in [-0.39, 0.29) is 16.9 Å². The number of nitrogens with one attached hydrogen (secondary N) is 3. The van der Waals surface area contributed by atoms with Gasteiger partial charge in [0.05, 0.1) is 6.61 Å². The summed E-state index contributed by atoms with van der Waals surface area (Å²) in [5.74, 6) is 0.367. The molecule has 0 bridgehead atoms. The molecular weight excluding hydrogens is 350 g/mol. The molecule has 0 aromatic heterocycles. The van der Waals surface area contributed by atoms with Crippen LogP contribution in [0.2, 0.25) is 0 Å². The van der Waals surface area contributed by atoms with Gasteiger partial charge in [0.2, 0.25) is 5.91 Å². The van der Waals surface area contributed by atoms with Crippen LogP contribution in [-0.2, 0) is 4.79 Å². The third-order valence-electron chi connectivity index (χ3n) is 3.40. The fourth-order valence-electron chi connectivity index (χ4n) is 2.09. The van der Waals surface area contributed by atoms with Crippen LogP contribution < -0.4 is 20.7 Å². The number of hydrogen-bond donors (Lipinski definition) is 3. The highest BCUT2D eigenvalue weighted by Gasteiger charge is 2.07. The summed E-state index contributed by atoms with van der Waals surface area (Å²) < 4.78 is 5.36. The van der Waals surface area contributed by atoms with Gasteiger partial charge in [-0.15, -0.1) is 0 Å². The Morgan fingerprint density at radius 3 is 2.04 bits per heavy atom. The minimum absolute atomic E-state index is 0.151. The van der Waals surface area contributed by atoms with Gasteiger partial charge in [0, 0.05) is 23.4 Å². The van der Waals surface area contributed by atoms with Crippen LogP contribution in [0.4, 0.5) is 11.4 Å². The Labute approximate surface area is 157 Å². The van der Waals surface area contributed by atoms with Crippen molar-refractivity contribution in [1.29, 1.82) is 0 Å². The molecule has 2 aromatic rings. The monoisotopic (exact) mass is 371 g/mol. The zero-order valence-electron chi connectivity index (χ0n) is 14.7. The van der Waals surface area contributed by atoms with E-state index >= 15 is 0 Å². The molecule has 3 N–H and O–H groups in total. The van der Waals surface area contributed by atoms with Crippen LogP contribution in [0.1, 0.15) is 30.6 Å². The SMILES string of the molecule is CCOc1ccc(C(=O)Nc2ccc(NC(=S)NC(=O)CC)cc2)cc1. The van der Waals surface area contributed by atoms with Gasteiger partial charge < -0.3 is 20.7 Å². The molecule has 0 fully saturated rings.